The van der Waals surface area contributed by atoms with Crippen LogP contribution in [0.3, 0.4) is 0 Å². The van der Waals surface area contributed by atoms with Crippen LogP contribution in [0.2, 0.25) is 0 Å². The summed E-state index contributed by atoms with van der Waals surface area (Å²) in [5.74, 6) is -2.74. The van der Waals surface area contributed by atoms with Crippen LogP contribution in [0.25, 0.3) is 22.8 Å². The molecule has 0 fully saturated rings. The number of pyridine rings is 4. The molecule has 0 unspecified atom stereocenters. The average Bonchev–Trinajstić information content (AvgIpc) is 2.81. The van der Waals surface area contributed by atoms with Crippen LogP contribution >= 0.6 is 0 Å². The van der Waals surface area contributed by atoms with E-state index in [2.05, 4.69) is 19.9 Å². The molecule has 16 heteroatoms. The van der Waals surface area contributed by atoms with Gasteiger partial charge in [0.1, 0.15) is 22.9 Å². The van der Waals surface area contributed by atoms with Gasteiger partial charge in [-0.3, -0.25) is 19.9 Å². The number of carboxylic acid groups (broad SMARTS) is 2. The number of nitrogens with zero attached hydrogens (tertiary/aromatic N) is 4. The first-order valence-electron chi connectivity index (χ1n) is 9.92. The molecule has 0 aliphatic rings. The molecule has 0 bridgehead atoms. The quantitative estimate of drug-likeness (QED) is 0.167. The van der Waals surface area contributed by atoms with Gasteiger partial charge in [0.25, 0.3) is 0 Å². The molecule has 222 valence electrons. The molecule has 0 aromatic carbocycles. The Morgan fingerprint density at radius 2 is 0.800 bits per heavy atom. The average molecular weight is 658 g/mol. The molecule has 40 heavy (non-hydrogen) atoms. The maximum Gasteiger partial charge on any atom is 2.00 e. The van der Waals surface area contributed by atoms with Gasteiger partial charge in [0.15, 0.2) is 0 Å². The van der Waals surface area contributed by atoms with Crippen LogP contribution in [0.15, 0.2) is 73.3 Å². The number of carboxylic acids is 2. The smallest absolute Gasteiger partial charge is 0.871 e. The summed E-state index contributed by atoms with van der Waals surface area (Å²) in [7, 11) is 0. The van der Waals surface area contributed by atoms with E-state index in [1.165, 1.54) is 49.1 Å². The van der Waals surface area contributed by atoms with Crippen LogP contribution < -0.4 is 20.4 Å². The summed E-state index contributed by atoms with van der Waals surface area (Å²) in [6.07, 6.45) is 5.99. The van der Waals surface area contributed by atoms with E-state index >= 15 is 0 Å². The van der Waals surface area contributed by atoms with E-state index < -0.39 is 11.9 Å². The zero-order valence-electron chi connectivity index (χ0n) is 20.8. The Kier molecular flexibility index (Phi) is 24.2. The second kappa shape index (κ2) is 22.7. The van der Waals surface area contributed by atoms with Crippen molar-refractivity contribution in [1.29, 1.82) is 0 Å². The molecule has 0 aliphatic heterocycles. The van der Waals surface area contributed by atoms with E-state index in [0.29, 0.717) is 0 Å². The third-order valence-electron chi connectivity index (χ3n) is 3.56. The number of aromatic hydroxyl groups is 2. The van der Waals surface area contributed by atoms with E-state index in [-0.39, 0.29) is 90.9 Å². The summed E-state index contributed by atoms with van der Waals surface area (Å²) in [6.45, 7) is 1.94. The molecule has 4 aromatic rings. The summed E-state index contributed by atoms with van der Waals surface area (Å²) in [5, 5.41) is 59.4. The molecule has 0 saturated heterocycles. The standard InChI is InChI=1S/2C10H8N2O2.2C2H4O2.2Cu.2H2O/c2*13-7-3-1-5-11-9(7)10-8(14)4-2-6-12-10;2*1-2(3)4;;;;/h2*1-6,13-14H;2*1H3,(H,3,4);;;2*1H2/q;;;;2*+2;;/p-2. The van der Waals surface area contributed by atoms with Gasteiger partial charge in [0, 0.05) is 36.7 Å². The van der Waals surface area contributed by atoms with E-state index in [9.17, 15) is 20.4 Å². The molecule has 0 amide bonds. The third kappa shape index (κ3) is 15.8. The molecule has 0 atom stereocenters. The number of aromatic nitrogens is 4. The molecular formula is C24H26Cu2N4O10+2. The van der Waals surface area contributed by atoms with Crippen LogP contribution in [-0.2, 0) is 54.7 Å². The summed E-state index contributed by atoms with van der Waals surface area (Å²) in [5.41, 5.74) is 0.785. The maximum atomic E-state index is 11.4. The van der Waals surface area contributed by atoms with Crippen LogP contribution in [0.4, 0.5) is 0 Å². The van der Waals surface area contributed by atoms with Gasteiger partial charge in [0.2, 0.25) is 0 Å². The number of hydrogen-bond donors (Lipinski definition) is 2. The molecule has 0 saturated carbocycles. The van der Waals surface area contributed by atoms with Gasteiger partial charge in [0.05, 0.1) is 11.4 Å². The van der Waals surface area contributed by atoms with Crippen LogP contribution in [-0.4, -0.2) is 42.1 Å². The molecule has 14 nitrogen and oxygen atoms in total. The molecule has 0 spiro atoms. The van der Waals surface area contributed by atoms with E-state index in [1.807, 2.05) is 0 Å². The van der Waals surface area contributed by atoms with Crippen molar-refractivity contribution < 1.29 is 85.3 Å². The Bertz CT molecular complexity index is 1110. The van der Waals surface area contributed by atoms with Gasteiger partial charge in [-0.25, -0.2) is 0 Å². The van der Waals surface area contributed by atoms with Gasteiger partial charge in [-0.2, -0.15) is 0 Å². The first kappa shape index (κ1) is 42.8. The normalized spacial score (nSPS) is 8.25. The van der Waals surface area contributed by atoms with Crippen LogP contribution in [0, 0.1) is 0 Å². The molecule has 2 radical (unpaired) electrons. The number of aliphatic carboxylic acids is 2. The first-order chi connectivity index (χ1) is 17.0. The summed E-state index contributed by atoms with van der Waals surface area (Å²) >= 11 is 0. The van der Waals surface area contributed by atoms with Crippen molar-refractivity contribution in [2.75, 3.05) is 0 Å². The largest absolute Gasteiger partial charge is 2.00 e. The van der Waals surface area contributed by atoms with E-state index in [4.69, 9.17) is 19.8 Å². The van der Waals surface area contributed by atoms with E-state index in [0.717, 1.165) is 13.8 Å². The van der Waals surface area contributed by atoms with Gasteiger partial charge in [-0.1, -0.05) is 23.6 Å². The fraction of sp³-hybridized carbons (Fsp3) is 0.0833. The Morgan fingerprint density at radius 1 is 0.575 bits per heavy atom. The Balaban J connectivity index is -0.000000238. The van der Waals surface area contributed by atoms with Crippen molar-refractivity contribution in [1.82, 2.24) is 19.9 Å². The predicted molar refractivity (Wildman–Crippen MR) is 128 cm³/mol. The maximum absolute atomic E-state index is 11.4. The Hall–Kier alpha value is -4.30. The monoisotopic (exact) mass is 656 g/mol. The SMILES string of the molecule is CC(=O)[O-].CC(=O)[O-].[Cu+2].[Cu+2].[O-]c1cccnc1-c1ncccc1O.[O-]c1cccnc1-c1ncccc1O.[OH3+].[OH3+]. The summed E-state index contributed by atoms with van der Waals surface area (Å²) < 4.78 is 0. The number of hydrogen-bond acceptors (Lipinski definition) is 12. The second-order valence-electron chi connectivity index (χ2n) is 6.43. The molecular weight excluding hydrogens is 631 g/mol. The number of carbonyl (C=O) groups excluding carboxylic acids is 2. The Morgan fingerprint density at radius 3 is 1.02 bits per heavy atom. The minimum Gasteiger partial charge on any atom is -0.871 e. The molecule has 8 N–H and O–H groups in total. The zero-order chi connectivity index (χ0) is 27.1. The van der Waals surface area contributed by atoms with Crippen molar-refractivity contribution in [2.45, 2.75) is 13.8 Å². The van der Waals surface area contributed by atoms with Gasteiger partial charge in [-0.15, -0.1) is 0 Å². The minimum absolute atomic E-state index is 0. The Labute approximate surface area is 249 Å². The molecule has 0 aliphatic carbocycles. The number of carbonyl (C=O) groups is 2. The van der Waals surface area contributed by atoms with Crippen molar-refractivity contribution in [3.05, 3.63) is 73.3 Å². The molecule has 4 rings (SSSR count). The topological polar surface area (TPSA) is 284 Å². The molecule has 4 heterocycles. The fourth-order valence-electron chi connectivity index (χ4n) is 2.30. The van der Waals surface area contributed by atoms with Crippen molar-refractivity contribution >= 4 is 11.9 Å². The van der Waals surface area contributed by atoms with Crippen LogP contribution in [0.5, 0.6) is 23.0 Å². The number of rotatable bonds is 2. The van der Waals surface area contributed by atoms with Gasteiger partial charge >= 0.3 is 34.1 Å². The van der Waals surface area contributed by atoms with Gasteiger partial charge in [-0.05, 0) is 50.2 Å². The predicted octanol–water partition coefficient (Wildman–Crippen LogP) is -2.49. The second-order valence-corrected chi connectivity index (χ2v) is 6.43. The molecule has 4 aromatic heterocycles. The summed E-state index contributed by atoms with van der Waals surface area (Å²) in [6, 6.07) is 12.0. The van der Waals surface area contributed by atoms with Crippen molar-refractivity contribution in [2.24, 2.45) is 0 Å². The summed E-state index contributed by atoms with van der Waals surface area (Å²) in [4.78, 5) is 33.3. The minimum atomic E-state index is -1.08. The van der Waals surface area contributed by atoms with Crippen molar-refractivity contribution in [3.63, 3.8) is 0 Å². The van der Waals surface area contributed by atoms with Gasteiger partial charge < -0.3 is 51.2 Å². The van der Waals surface area contributed by atoms with Crippen molar-refractivity contribution in [3.8, 4) is 45.8 Å². The third-order valence-corrected chi connectivity index (χ3v) is 3.56. The zero-order valence-corrected chi connectivity index (χ0v) is 22.7. The van der Waals surface area contributed by atoms with Crippen LogP contribution in [0.1, 0.15) is 13.8 Å². The first-order valence-corrected chi connectivity index (χ1v) is 9.92. The van der Waals surface area contributed by atoms with E-state index in [1.54, 1.807) is 24.3 Å². The fourth-order valence-corrected chi connectivity index (χ4v) is 2.30.